The van der Waals surface area contributed by atoms with Crippen molar-refractivity contribution in [3.05, 3.63) is 48.0 Å². The molecule has 0 atom stereocenters. The summed E-state index contributed by atoms with van der Waals surface area (Å²) in [4.78, 5) is -0.0689. The molecule has 2 aromatic carbocycles. The average Bonchev–Trinajstić information content (AvgIpc) is 2.28. The highest BCUT2D eigenvalue weighted by Crippen LogP contribution is 2.31. The first-order chi connectivity index (χ1) is 8.43. The lowest BCUT2D eigenvalue weighted by Crippen LogP contribution is -2.04. The molecule has 94 valence electrons. The van der Waals surface area contributed by atoms with Crippen LogP contribution in [0.25, 0.3) is 0 Å². The molecule has 2 aromatic rings. The first kappa shape index (κ1) is 12.4. The molecule has 0 aliphatic carbocycles. The summed E-state index contributed by atoms with van der Waals surface area (Å²) in [6, 6.07) is 9.76. The van der Waals surface area contributed by atoms with Crippen molar-refractivity contribution in [1.82, 2.24) is 0 Å². The number of sulfone groups is 1. The molecular formula is C13H12O4S. The van der Waals surface area contributed by atoms with Crippen molar-refractivity contribution in [3.63, 3.8) is 0 Å². The number of hydrogen-bond acceptors (Lipinski definition) is 4. The Kier molecular flexibility index (Phi) is 3.00. The molecule has 5 heteroatoms. The molecule has 0 aliphatic rings. The molecule has 0 aromatic heterocycles. The summed E-state index contributed by atoms with van der Waals surface area (Å²) in [5.74, 6) is -0.284. The summed E-state index contributed by atoms with van der Waals surface area (Å²) in [6.07, 6.45) is 0. The van der Waals surface area contributed by atoms with Crippen molar-refractivity contribution in [2.24, 2.45) is 0 Å². The third kappa shape index (κ3) is 2.04. The van der Waals surface area contributed by atoms with Gasteiger partial charge in [0.15, 0.2) is 0 Å². The minimum absolute atomic E-state index is 0.00346. The van der Waals surface area contributed by atoms with Gasteiger partial charge in [0.1, 0.15) is 16.4 Å². The Bertz CT molecular complexity index is 690. The summed E-state index contributed by atoms with van der Waals surface area (Å²) in [5.41, 5.74) is 0.429. The summed E-state index contributed by atoms with van der Waals surface area (Å²) in [6.45, 7) is 1.59. The number of aromatic hydroxyl groups is 2. The lowest BCUT2D eigenvalue weighted by molar-refractivity contribution is 0.458. The fraction of sp³-hybridized carbons (Fsp3) is 0.0769. The molecule has 0 fully saturated rings. The minimum Gasteiger partial charge on any atom is -0.508 e. The van der Waals surface area contributed by atoms with Crippen molar-refractivity contribution in [1.29, 1.82) is 0 Å². The van der Waals surface area contributed by atoms with E-state index >= 15 is 0 Å². The zero-order chi connectivity index (χ0) is 13.3. The molecule has 0 bridgehead atoms. The second-order valence-corrected chi connectivity index (χ2v) is 5.81. The SMILES string of the molecule is Cc1cc(O)ccc1S(=O)(=O)c1ccccc1O. The first-order valence-electron chi connectivity index (χ1n) is 5.25. The van der Waals surface area contributed by atoms with Crippen molar-refractivity contribution in [2.45, 2.75) is 16.7 Å². The average molecular weight is 264 g/mol. The predicted octanol–water partition coefficient (Wildman–Crippen LogP) is 2.24. The van der Waals surface area contributed by atoms with Crippen LogP contribution in [0.1, 0.15) is 5.56 Å². The highest BCUT2D eigenvalue weighted by molar-refractivity contribution is 7.91. The van der Waals surface area contributed by atoms with Gasteiger partial charge < -0.3 is 10.2 Å². The number of rotatable bonds is 2. The number of hydrogen-bond donors (Lipinski definition) is 2. The van der Waals surface area contributed by atoms with E-state index in [9.17, 15) is 18.6 Å². The zero-order valence-corrected chi connectivity index (χ0v) is 10.5. The molecule has 0 radical (unpaired) electrons. The topological polar surface area (TPSA) is 74.6 Å². The van der Waals surface area contributed by atoms with Gasteiger partial charge in [0.05, 0.1) is 4.90 Å². The van der Waals surface area contributed by atoms with E-state index in [0.717, 1.165) is 0 Å². The Hall–Kier alpha value is -2.01. The molecule has 18 heavy (non-hydrogen) atoms. The van der Waals surface area contributed by atoms with E-state index in [0.29, 0.717) is 5.56 Å². The maximum Gasteiger partial charge on any atom is 0.210 e. The van der Waals surface area contributed by atoms with Gasteiger partial charge in [-0.1, -0.05) is 12.1 Å². The van der Waals surface area contributed by atoms with Crippen molar-refractivity contribution in [3.8, 4) is 11.5 Å². The van der Waals surface area contributed by atoms with Gasteiger partial charge in [0, 0.05) is 0 Å². The van der Waals surface area contributed by atoms with Gasteiger partial charge in [0.2, 0.25) is 9.84 Å². The van der Waals surface area contributed by atoms with Gasteiger partial charge in [-0.05, 0) is 42.8 Å². The number of benzene rings is 2. The second-order valence-electron chi connectivity index (χ2n) is 3.92. The van der Waals surface area contributed by atoms with E-state index in [2.05, 4.69) is 0 Å². The van der Waals surface area contributed by atoms with E-state index in [1.807, 2.05) is 0 Å². The van der Waals surface area contributed by atoms with Gasteiger partial charge in [-0.2, -0.15) is 0 Å². The van der Waals surface area contributed by atoms with Crippen LogP contribution in [-0.4, -0.2) is 18.6 Å². The molecule has 0 heterocycles. The lowest BCUT2D eigenvalue weighted by atomic mass is 10.2. The number of para-hydroxylation sites is 1. The van der Waals surface area contributed by atoms with Gasteiger partial charge in [-0.3, -0.25) is 0 Å². The fourth-order valence-corrected chi connectivity index (χ4v) is 3.31. The van der Waals surface area contributed by atoms with Crippen LogP contribution in [-0.2, 0) is 9.84 Å². The van der Waals surface area contributed by atoms with Crippen LogP contribution in [0.15, 0.2) is 52.3 Å². The number of phenols is 2. The highest BCUT2D eigenvalue weighted by atomic mass is 32.2. The maximum atomic E-state index is 12.3. The number of aryl methyl sites for hydroxylation is 1. The molecule has 0 amide bonds. The van der Waals surface area contributed by atoms with Crippen molar-refractivity contribution >= 4 is 9.84 Å². The quantitative estimate of drug-likeness (QED) is 0.872. The summed E-state index contributed by atoms with van der Waals surface area (Å²) in [5, 5.41) is 18.9. The second kappa shape index (κ2) is 4.34. The minimum atomic E-state index is -3.78. The standard InChI is InChI=1S/C13H12O4S/c1-9-8-10(14)6-7-12(9)18(16,17)13-5-3-2-4-11(13)15/h2-8,14-15H,1H3. The molecule has 0 unspecified atom stereocenters. The fourth-order valence-electron chi connectivity index (χ4n) is 1.74. The normalized spacial score (nSPS) is 11.4. The molecule has 0 spiro atoms. The summed E-state index contributed by atoms with van der Waals surface area (Å²) >= 11 is 0. The van der Waals surface area contributed by atoms with Gasteiger partial charge in [-0.15, -0.1) is 0 Å². The lowest BCUT2D eigenvalue weighted by Gasteiger charge is -2.09. The van der Waals surface area contributed by atoms with Crippen LogP contribution in [0.4, 0.5) is 0 Å². The van der Waals surface area contributed by atoms with Crippen molar-refractivity contribution in [2.75, 3.05) is 0 Å². The van der Waals surface area contributed by atoms with Gasteiger partial charge in [-0.25, -0.2) is 8.42 Å². The highest BCUT2D eigenvalue weighted by Gasteiger charge is 2.22. The van der Waals surface area contributed by atoms with Crippen molar-refractivity contribution < 1.29 is 18.6 Å². The van der Waals surface area contributed by atoms with Crippen LogP contribution in [0.3, 0.4) is 0 Å². The van der Waals surface area contributed by atoms with Crippen LogP contribution in [0.5, 0.6) is 11.5 Å². The molecule has 2 rings (SSSR count). The smallest absolute Gasteiger partial charge is 0.210 e. The zero-order valence-electron chi connectivity index (χ0n) is 9.66. The largest absolute Gasteiger partial charge is 0.508 e. The third-order valence-corrected chi connectivity index (χ3v) is 4.56. The molecule has 2 N–H and O–H groups in total. The Labute approximate surface area is 105 Å². The maximum absolute atomic E-state index is 12.3. The Morgan fingerprint density at radius 3 is 2.22 bits per heavy atom. The van der Waals surface area contributed by atoms with E-state index < -0.39 is 9.84 Å². The monoisotopic (exact) mass is 264 g/mol. The Morgan fingerprint density at radius 2 is 1.61 bits per heavy atom. The molecule has 0 aliphatic heterocycles. The third-order valence-electron chi connectivity index (χ3n) is 2.60. The van der Waals surface area contributed by atoms with Gasteiger partial charge in [0.25, 0.3) is 0 Å². The Morgan fingerprint density at radius 1 is 0.944 bits per heavy atom. The van der Waals surface area contributed by atoms with E-state index in [1.165, 1.54) is 30.3 Å². The van der Waals surface area contributed by atoms with Crippen LogP contribution >= 0.6 is 0 Å². The Balaban J connectivity index is 2.66. The van der Waals surface area contributed by atoms with E-state index in [1.54, 1.807) is 19.1 Å². The first-order valence-corrected chi connectivity index (χ1v) is 6.74. The van der Waals surface area contributed by atoms with Crippen LogP contribution in [0, 0.1) is 6.92 Å². The molecule has 4 nitrogen and oxygen atoms in total. The molecular weight excluding hydrogens is 252 g/mol. The molecule has 0 saturated heterocycles. The molecule has 0 saturated carbocycles. The van der Waals surface area contributed by atoms with E-state index in [-0.39, 0.29) is 21.3 Å². The number of phenolic OH excluding ortho intramolecular Hbond substituents is 2. The van der Waals surface area contributed by atoms with Crippen LogP contribution < -0.4 is 0 Å². The predicted molar refractivity (Wildman–Crippen MR) is 66.4 cm³/mol. The summed E-state index contributed by atoms with van der Waals surface area (Å²) < 4.78 is 24.7. The van der Waals surface area contributed by atoms with Gasteiger partial charge >= 0.3 is 0 Å². The van der Waals surface area contributed by atoms with E-state index in [4.69, 9.17) is 0 Å². The summed E-state index contributed by atoms with van der Waals surface area (Å²) in [7, 11) is -3.78. The van der Waals surface area contributed by atoms with Crippen LogP contribution in [0.2, 0.25) is 0 Å².